The van der Waals surface area contributed by atoms with Crippen LogP contribution in [-0.2, 0) is 4.79 Å². The molecular weight excluding hydrogens is 280 g/mol. The van der Waals surface area contributed by atoms with E-state index < -0.39 is 0 Å². The molecule has 112 valence electrons. The third kappa shape index (κ3) is 4.54. The van der Waals surface area contributed by atoms with E-state index in [1.807, 2.05) is 7.05 Å². The predicted molar refractivity (Wildman–Crippen MR) is 85.2 cm³/mol. The highest BCUT2D eigenvalue weighted by Gasteiger charge is 2.32. The van der Waals surface area contributed by atoms with Crippen molar-refractivity contribution in [3.63, 3.8) is 0 Å². The summed E-state index contributed by atoms with van der Waals surface area (Å²) in [4.78, 5) is 14.5. The number of thioether (sulfide) groups is 1. The number of halogens is 1. The number of piperidine rings is 1. The fraction of sp³-hybridized carbons (Fsp3) is 0.929. The predicted octanol–water partition coefficient (Wildman–Crippen LogP) is 2.54. The highest BCUT2D eigenvalue weighted by molar-refractivity contribution is 7.99. The highest BCUT2D eigenvalue weighted by Crippen LogP contribution is 2.33. The number of nitrogens with one attached hydrogen (secondary N) is 1. The molecule has 2 atom stereocenters. The van der Waals surface area contributed by atoms with Crippen molar-refractivity contribution in [1.82, 2.24) is 10.2 Å². The molecule has 0 aromatic heterocycles. The van der Waals surface area contributed by atoms with Gasteiger partial charge in [0.15, 0.2) is 0 Å². The second-order valence-electron chi connectivity index (χ2n) is 5.52. The molecule has 5 heteroatoms. The van der Waals surface area contributed by atoms with Crippen LogP contribution < -0.4 is 5.32 Å². The topological polar surface area (TPSA) is 32.3 Å². The van der Waals surface area contributed by atoms with Crippen molar-refractivity contribution < 1.29 is 4.79 Å². The first-order chi connectivity index (χ1) is 8.72. The maximum Gasteiger partial charge on any atom is 0.225 e. The maximum atomic E-state index is 12.4. The highest BCUT2D eigenvalue weighted by atomic mass is 35.5. The standard InChI is InChI=1S/C14H26N2OS.ClH/c1-3-18-13-5-4-12(10-13)16(2)14(17)11-6-8-15-9-7-11;/h11-13,15H,3-10H2,1-2H3;1H. The van der Waals surface area contributed by atoms with Gasteiger partial charge in [-0.05, 0) is 50.9 Å². The van der Waals surface area contributed by atoms with Gasteiger partial charge in [0, 0.05) is 24.3 Å². The summed E-state index contributed by atoms with van der Waals surface area (Å²) in [5.41, 5.74) is 0. The molecule has 2 rings (SSSR count). The third-order valence-electron chi connectivity index (χ3n) is 4.34. The zero-order valence-corrected chi connectivity index (χ0v) is 13.7. The van der Waals surface area contributed by atoms with Crippen LogP contribution in [0.15, 0.2) is 0 Å². The van der Waals surface area contributed by atoms with Gasteiger partial charge in [0.1, 0.15) is 0 Å². The lowest BCUT2D eigenvalue weighted by Gasteiger charge is -2.31. The number of amides is 1. The molecule has 0 spiro atoms. The Labute approximate surface area is 127 Å². The van der Waals surface area contributed by atoms with Gasteiger partial charge in [-0.25, -0.2) is 0 Å². The minimum atomic E-state index is 0. The number of nitrogens with zero attached hydrogens (tertiary/aromatic N) is 1. The SMILES string of the molecule is CCSC1CCC(N(C)C(=O)C2CCNCC2)C1.Cl. The Kier molecular flexibility index (Phi) is 7.55. The van der Waals surface area contributed by atoms with Crippen LogP contribution in [0.2, 0.25) is 0 Å². The number of carbonyl (C=O) groups excluding carboxylic acids is 1. The molecule has 1 aliphatic carbocycles. The Morgan fingerprint density at radius 2 is 1.95 bits per heavy atom. The van der Waals surface area contributed by atoms with Crippen LogP contribution in [-0.4, -0.2) is 48.0 Å². The molecule has 2 aliphatic rings. The average molecular weight is 307 g/mol. The first-order valence-electron chi connectivity index (χ1n) is 7.31. The van der Waals surface area contributed by atoms with Gasteiger partial charge in [-0.15, -0.1) is 12.4 Å². The Morgan fingerprint density at radius 3 is 2.58 bits per heavy atom. The summed E-state index contributed by atoms with van der Waals surface area (Å²) in [6.07, 6.45) is 5.72. The van der Waals surface area contributed by atoms with Crippen LogP contribution in [0.4, 0.5) is 0 Å². The molecule has 1 heterocycles. The van der Waals surface area contributed by atoms with E-state index in [9.17, 15) is 4.79 Å². The largest absolute Gasteiger partial charge is 0.342 e. The molecular formula is C14H27ClN2OS. The Morgan fingerprint density at radius 1 is 1.26 bits per heavy atom. The number of hydrogen-bond donors (Lipinski definition) is 1. The molecule has 0 aromatic rings. The number of rotatable bonds is 4. The first kappa shape index (κ1) is 17.1. The maximum absolute atomic E-state index is 12.4. The second-order valence-corrected chi connectivity index (χ2v) is 7.09. The molecule has 2 fully saturated rings. The van der Waals surface area contributed by atoms with Crippen molar-refractivity contribution in [2.24, 2.45) is 5.92 Å². The molecule has 1 aliphatic heterocycles. The van der Waals surface area contributed by atoms with Crippen LogP contribution in [0, 0.1) is 5.92 Å². The van der Waals surface area contributed by atoms with Crippen molar-refractivity contribution in [3.05, 3.63) is 0 Å². The molecule has 0 aromatic carbocycles. The van der Waals surface area contributed by atoms with Crippen molar-refractivity contribution in [3.8, 4) is 0 Å². The molecule has 0 radical (unpaired) electrons. The normalized spacial score (nSPS) is 27.9. The van der Waals surface area contributed by atoms with E-state index in [0.29, 0.717) is 11.9 Å². The quantitative estimate of drug-likeness (QED) is 0.866. The first-order valence-corrected chi connectivity index (χ1v) is 8.36. The van der Waals surface area contributed by atoms with Crippen LogP contribution >= 0.6 is 24.2 Å². The average Bonchev–Trinajstić information content (AvgIpc) is 2.87. The van der Waals surface area contributed by atoms with E-state index >= 15 is 0 Å². The smallest absolute Gasteiger partial charge is 0.225 e. The van der Waals surface area contributed by atoms with E-state index in [-0.39, 0.29) is 18.3 Å². The van der Waals surface area contributed by atoms with Crippen LogP contribution in [0.1, 0.15) is 39.0 Å². The lowest BCUT2D eigenvalue weighted by molar-refractivity contribution is -0.137. The van der Waals surface area contributed by atoms with E-state index in [4.69, 9.17) is 0 Å². The van der Waals surface area contributed by atoms with Gasteiger partial charge in [-0.3, -0.25) is 4.79 Å². The Balaban J connectivity index is 0.00000180. The molecule has 3 nitrogen and oxygen atoms in total. The summed E-state index contributed by atoms with van der Waals surface area (Å²) in [6.45, 7) is 4.23. The zero-order valence-electron chi connectivity index (χ0n) is 12.1. The fourth-order valence-corrected chi connectivity index (χ4v) is 4.33. The van der Waals surface area contributed by atoms with E-state index in [1.54, 1.807) is 0 Å². The van der Waals surface area contributed by atoms with Crippen molar-refractivity contribution in [2.75, 3.05) is 25.9 Å². The molecule has 19 heavy (non-hydrogen) atoms. The van der Waals surface area contributed by atoms with Gasteiger partial charge in [0.25, 0.3) is 0 Å². The van der Waals surface area contributed by atoms with Gasteiger partial charge >= 0.3 is 0 Å². The van der Waals surface area contributed by atoms with Gasteiger partial charge in [-0.2, -0.15) is 11.8 Å². The lowest BCUT2D eigenvalue weighted by Crippen LogP contribution is -2.43. The van der Waals surface area contributed by atoms with E-state index in [0.717, 1.165) is 31.2 Å². The summed E-state index contributed by atoms with van der Waals surface area (Å²) in [6, 6.07) is 0.497. The lowest BCUT2D eigenvalue weighted by atomic mass is 9.96. The van der Waals surface area contributed by atoms with Crippen LogP contribution in [0.5, 0.6) is 0 Å². The molecule has 1 saturated heterocycles. The molecule has 1 N–H and O–H groups in total. The zero-order chi connectivity index (χ0) is 13.0. The second kappa shape index (κ2) is 8.38. The Hall–Kier alpha value is 0.0700. The minimum absolute atomic E-state index is 0. The summed E-state index contributed by atoms with van der Waals surface area (Å²) in [5.74, 6) is 1.86. The van der Waals surface area contributed by atoms with Crippen molar-refractivity contribution in [1.29, 1.82) is 0 Å². The van der Waals surface area contributed by atoms with Crippen molar-refractivity contribution >= 4 is 30.1 Å². The van der Waals surface area contributed by atoms with Gasteiger partial charge in [-0.1, -0.05) is 6.92 Å². The van der Waals surface area contributed by atoms with Gasteiger partial charge < -0.3 is 10.2 Å². The summed E-state index contributed by atoms with van der Waals surface area (Å²) in [5, 5.41) is 4.11. The van der Waals surface area contributed by atoms with Crippen LogP contribution in [0.3, 0.4) is 0 Å². The summed E-state index contributed by atoms with van der Waals surface area (Å²) >= 11 is 2.06. The minimum Gasteiger partial charge on any atom is -0.342 e. The van der Waals surface area contributed by atoms with E-state index in [1.165, 1.54) is 25.0 Å². The van der Waals surface area contributed by atoms with Gasteiger partial charge in [0.05, 0.1) is 0 Å². The fourth-order valence-electron chi connectivity index (χ4n) is 3.19. The van der Waals surface area contributed by atoms with E-state index in [2.05, 4.69) is 28.9 Å². The number of carbonyl (C=O) groups is 1. The number of hydrogen-bond acceptors (Lipinski definition) is 3. The third-order valence-corrected chi connectivity index (χ3v) is 5.58. The summed E-state index contributed by atoms with van der Waals surface area (Å²) < 4.78 is 0. The van der Waals surface area contributed by atoms with Crippen LogP contribution in [0.25, 0.3) is 0 Å². The van der Waals surface area contributed by atoms with Crippen molar-refractivity contribution in [2.45, 2.75) is 50.3 Å². The molecule has 1 amide bonds. The molecule has 1 saturated carbocycles. The van der Waals surface area contributed by atoms with Gasteiger partial charge in [0.2, 0.25) is 5.91 Å². The molecule has 0 bridgehead atoms. The Bertz CT molecular complexity index is 285. The molecule has 2 unspecified atom stereocenters. The summed E-state index contributed by atoms with van der Waals surface area (Å²) in [7, 11) is 2.02. The monoisotopic (exact) mass is 306 g/mol.